The lowest BCUT2D eigenvalue weighted by Gasteiger charge is -2.06. The Morgan fingerprint density at radius 2 is 2.54 bits per heavy atom. The molecule has 0 amide bonds. The molecule has 2 heterocycles. The first-order valence-electron chi connectivity index (χ1n) is 3.68. The van der Waals surface area contributed by atoms with E-state index in [1.165, 1.54) is 0 Å². The molecular formula is C6H7N5S2. The van der Waals surface area contributed by atoms with Crippen LogP contribution in [0.4, 0.5) is 0 Å². The van der Waals surface area contributed by atoms with E-state index in [4.69, 9.17) is 12.2 Å². The average molecular weight is 213 g/mol. The van der Waals surface area contributed by atoms with E-state index in [0.29, 0.717) is 4.77 Å². The first kappa shape index (κ1) is 8.52. The molecule has 1 unspecified atom stereocenters. The van der Waals surface area contributed by atoms with Gasteiger partial charge < -0.3 is 0 Å². The summed E-state index contributed by atoms with van der Waals surface area (Å²) in [6.07, 6.45) is 1.77. The first-order chi connectivity index (χ1) is 6.29. The molecule has 2 rings (SSSR count). The molecule has 5 nitrogen and oxygen atoms in total. The van der Waals surface area contributed by atoms with Crippen molar-refractivity contribution in [3.8, 4) is 0 Å². The van der Waals surface area contributed by atoms with Gasteiger partial charge in [0.15, 0.2) is 0 Å². The van der Waals surface area contributed by atoms with Crippen LogP contribution in [0.2, 0.25) is 0 Å². The quantitative estimate of drug-likeness (QED) is 0.766. The Morgan fingerprint density at radius 1 is 1.69 bits per heavy atom. The normalized spacial score (nSPS) is 13.0. The molecule has 0 fully saturated rings. The van der Waals surface area contributed by atoms with Gasteiger partial charge in [0.25, 0.3) is 0 Å². The van der Waals surface area contributed by atoms with Crippen molar-refractivity contribution >= 4 is 23.6 Å². The van der Waals surface area contributed by atoms with Crippen molar-refractivity contribution in [2.45, 2.75) is 13.0 Å². The van der Waals surface area contributed by atoms with Gasteiger partial charge in [0.2, 0.25) is 4.77 Å². The topological polar surface area (TPSA) is 59.4 Å². The van der Waals surface area contributed by atoms with Crippen LogP contribution in [0.1, 0.15) is 18.0 Å². The summed E-state index contributed by atoms with van der Waals surface area (Å²) >= 11 is 6.55. The maximum absolute atomic E-state index is 4.97. The summed E-state index contributed by atoms with van der Waals surface area (Å²) in [6.45, 7) is 1.99. The molecule has 0 aliphatic rings. The van der Waals surface area contributed by atoms with Gasteiger partial charge in [0.1, 0.15) is 11.0 Å². The molecule has 1 atom stereocenters. The zero-order valence-corrected chi connectivity index (χ0v) is 8.47. The van der Waals surface area contributed by atoms with Gasteiger partial charge >= 0.3 is 0 Å². The summed E-state index contributed by atoms with van der Waals surface area (Å²) in [6, 6.07) is 0.0718. The Labute approximate surface area is 83.4 Å². The standard InChI is InChI=1S/C6H7N5S2/c1-4(5-7-2-3-13-5)11-6(12)8-9-10-11/h2-4H,1H3,(H,8,10,12). The molecule has 2 aromatic heterocycles. The maximum Gasteiger partial charge on any atom is 0.238 e. The molecule has 0 spiro atoms. The van der Waals surface area contributed by atoms with Gasteiger partial charge in [-0.2, -0.15) is 5.21 Å². The molecule has 0 saturated heterocycles. The Bertz CT molecular complexity index is 428. The highest BCUT2D eigenvalue weighted by Crippen LogP contribution is 2.18. The number of rotatable bonds is 2. The van der Waals surface area contributed by atoms with Crippen molar-refractivity contribution in [2.75, 3.05) is 0 Å². The van der Waals surface area contributed by atoms with Gasteiger partial charge in [0, 0.05) is 11.6 Å². The van der Waals surface area contributed by atoms with Crippen LogP contribution in [0, 0.1) is 4.77 Å². The van der Waals surface area contributed by atoms with Gasteiger partial charge in [-0.3, -0.25) is 0 Å². The van der Waals surface area contributed by atoms with E-state index in [1.807, 2.05) is 12.3 Å². The van der Waals surface area contributed by atoms with E-state index in [0.717, 1.165) is 5.01 Å². The number of nitrogens with one attached hydrogen (secondary N) is 1. The molecule has 68 valence electrons. The van der Waals surface area contributed by atoms with E-state index >= 15 is 0 Å². The van der Waals surface area contributed by atoms with Gasteiger partial charge in [-0.15, -0.1) is 11.3 Å². The van der Waals surface area contributed by atoms with Crippen molar-refractivity contribution in [1.82, 2.24) is 25.2 Å². The maximum atomic E-state index is 4.97. The molecule has 0 aliphatic heterocycles. The minimum absolute atomic E-state index is 0.0718. The van der Waals surface area contributed by atoms with Crippen LogP contribution in [0.5, 0.6) is 0 Å². The van der Waals surface area contributed by atoms with Crippen LogP contribution in [0.15, 0.2) is 11.6 Å². The number of hydrogen-bond acceptors (Lipinski definition) is 5. The number of aromatic amines is 1. The van der Waals surface area contributed by atoms with E-state index in [2.05, 4.69) is 20.5 Å². The zero-order valence-electron chi connectivity index (χ0n) is 6.84. The highest BCUT2D eigenvalue weighted by molar-refractivity contribution is 7.71. The van der Waals surface area contributed by atoms with Crippen LogP contribution in [-0.4, -0.2) is 25.2 Å². The summed E-state index contributed by atoms with van der Waals surface area (Å²) in [7, 11) is 0. The van der Waals surface area contributed by atoms with Crippen LogP contribution in [-0.2, 0) is 0 Å². The van der Waals surface area contributed by atoms with Gasteiger partial charge in [0.05, 0.1) is 0 Å². The first-order valence-corrected chi connectivity index (χ1v) is 4.97. The number of thiazole rings is 1. The number of hydrogen-bond donors (Lipinski definition) is 1. The fraction of sp³-hybridized carbons (Fsp3) is 0.333. The van der Waals surface area contributed by atoms with E-state index < -0.39 is 0 Å². The van der Waals surface area contributed by atoms with Crippen molar-refractivity contribution in [3.63, 3.8) is 0 Å². The highest BCUT2D eigenvalue weighted by Gasteiger charge is 2.11. The van der Waals surface area contributed by atoms with Crippen molar-refractivity contribution in [1.29, 1.82) is 0 Å². The van der Waals surface area contributed by atoms with Crippen molar-refractivity contribution < 1.29 is 0 Å². The van der Waals surface area contributed by atoms with Gasteiger partial charge in [-0.1, -0.05) is 10.3 Å². The molecule has 7 heteroatoms. The third-order valence-corrected chi connectivity index (χ3v) is 2.91. The summed E-state index contributed by atoms with van der Waals surface area (Å²) in [5.41, 5.74) is 0. The Balaban J connectivity index is 2.39. The lowest BCUT2D eigenvalue weighted by atomic mass is 10.4. The van der Waals surface area contributed by atoms with E-state index in [1.54, 1.807) is 22.2 Å². The number of H-pyrrole nitrogens is 1. The van der Waals surface area contributed by atoms with Crippen LogP contribution >= 0.6 is 23.6 Å². The fourth-order valence-corrected chi connectivity index (χ4v) is 1.93. The summed E-state index contributed by atoms with van der Waals surface area (Å²) < 4.78 is 2.15. The van der Waals surface area contributed by atoms with Crippen LogP contribution in [0.3, 0.4) is 0 Å². The zero-order chi connectivity index (χ0) is 9.26. The lowest BCUT2D eigenvalue weighted by Crippen LogP contribution is -2.08. The Hall–Kier alpha value is -1.08. The Morgan fingerprint density at radius 3 is 3.08 bits per heavy atom. The fourth-order valence-electron chi connectivity index (χ4n) is 1.01. The monoisotopic (exact) mass is 213 g/mol. The second-order valence-electron chi connectivity index (χ2n) is 2.50. The van der Waals surface area contributed by atoms with Crippen molar-refractivity contribution in [3.05, 3.63) is 21.4 Å². The molecule has 0 radical (unpaired) electrons. The summed E-state index contributed by atoms with van der Waals surface area (Å²) in [4.78, 5) is 4.19. The predicted octanol–water partition coefficient (Wildman–Crippen LogP) is 1.40. The third kappa shape index (κ3) is 1.52. The number of tetrazole rings is 1. The molecule has 0 aromatic carbocycles. The van der Waals surface area contributed by atoms with Crippen molar-refractivity contribution in [2.24, 2.45) is 0 Å². The lowest BCUT2D eigenvalue weighted by molar-refractivity contribution is 0.535. The minimum atomic E-state index is 0.0718. The molecular weight excluding hydrogens is 206 g/mol. The number of nitrogens with zero attached hydrogens (tertiary/aromatic N) is 4. The minimum Gasteiger partial charge on any atom is -0.247 e. The molecule has 0 saturated carbocycles. The van der Waals surface area contributed by atoms with Gasteiger partial charge in [-0.25, -0.2) is 9.67 Å². The van der Waals surface area contributed by atoms with Crippen LogP contribution in [0.25, 0.3) is 0 Å². The van der Waals surface area contributed by atoms with E-state index in [-0.39, 0.29) is 6.04 Å². The molecule has 0 aliphatic carbocycles. The summed E-state index contributed by atoms with van der Waals surface area (Å²) in [5, 5.41) is 12.9. The molecule has 13 heavy (non-hydrogen) atoms. The largest absolute Gasteiger partial charge is 0.247 e. The second kappa shape index (κ2) is 3.35. The molecule has 2 aromatic rings. The summed E-state index contributed by atoms with van der Waals surface area (Å²) in [5.74, 6) is 0. The third-order valence-electron chi connectivity index (χ3n) is 1.69. The Kier molecular flexibility index (Phi) is 2.19. The smallest absolute Gasteiger partial charge is 0.238 e. The van der Waals surface area contributed by atoms with E-state index in [9.17, 15) is 0 Å². The number of aromatic nitrogens is 5. The predicted molar refractivity (Wildman–Crippen MR) is 51.1 cm³/mol. The van der Waals surface area contributed by atoms with Crippen LogP contribution < -0.4 is 0 Å². The SMILES string of the molecule is CC(c1nccs1)n1[nH]nnc1=S. The molecule has 1 N–H and O–H groups in total. The average Bonchev–Trinajstić information content (AvgIpc) is 2.72. The van der Waals surface area contributed by atoms with Gasteiger partial charge in [-0.05, 0) is 19.1 Å². The molecule has 0 bridgehead atoms. The highest BCUT2D eigenvalue weighted by atomic mass is 32.1. The second-order valence-corrected chi connectivity index (χ2v) is 3.79.